The van der Waals surface area contributed by atoms with Crippen molar-refractivity contribution in [1.82, 2.24) is 9.21 Å². The number of methoxy groups -OCH3 is 1. The summed E-state index contributed by atoms with van der Waals surface area (Å²) < 4.78 is 51.4. The van der Waals surface area contributed by atoms with Crippen molar-refractivity contribution >= 4 is 21.6 Å². The number of rotatable bonds is 7. The van der Waals surface area contributed by atoms with Crippen molar-refractivity contribution < 1.29 is 27.1 Å². The largest absolute Gasteiger partial charge is 0.495 e. The van der Waals surface area contributed by atoms with Crippen LogP contribution in [0.4, 0.5) is 10.1 Å². The quantitative estimate of drug-likeness (QED) is 0.641. The summed E-state index contributed by atoms with van der Waals surface area (Å²) in [5, 5.41) is 2.89. The summed E-state index contributed by atoms with van der Waals surface area (Å²) in [7, 11) is -2.36. The van der Waals surface area contributed by atoms with E-state index in [0.717, 1.165) is 25.2 Å². The Bertz CT molecular complexity index is 1100. The van der Waals surface area contributed by atoms with Crippen LogP contribution in [0.2, 0.25) is 0 Å². The number of benzene rings is 2. The normalized spacial score (nSPS) is 18.5. The number of piperidine rings is 1. The Morgan fingerprint density at radius 3 is 2.41 bits per heavy atom. The molecule has 10 heteroatoms. The topological polar surface area (TPSA) is 88.2 Å². The van der Waals surface area contributed by atoms with Crippen molar-refractivity contribution in [2.24, 2.45) is 5.92 Å². The molecule has 1 N–H and O–H groups in total. The van der Waals surface area contributed by atoms with Crippen molar-refractivity contribution in [1.29, 1.82) is 0 Å². The van der Waals surface area contributed by atoms with Gasteiger partial charge in [-0.1, -0.05) is 12.1 Å². The molecule has 0 aliphatic carbocycles. The fourth-order valence-corrected chi connectivity index (χ4v) is 5.92. The van der Waals surface area contributed by atoms with Crippen LogP contribution < -0.4 is 10.1 Å². The van der Waals surface area contributed by atoms with Crippen LogP contribution in [0.5, 0.6) is 5.75 Å². The van der Waals surface area contributed by atoms with Gasteiger partial charge in [0.15, 0.2) is 0 Å². The second-order valence-electron chi connectivity index (χ2n) is 8.55. The van der Waals surface area contributed by atoms with Crippen molar-refractivity contribution in [2.45, 2.75) is 24.3 Å². The molecule has 0 unspecified atom stereocenters. The molecule has 0 spiro atoms. The van der Waals surface area contributed by atoms with E-state index >= 15 is 0 Å². The lowest BCUT2D eigenvalue weighted by Gasteiger charge is -2.31. The van der Waals surface area contributed by atoms with Gasteiger partial charge in [0.25, 0.3) is 0 Å². The molecule has 0 radical (unpaired) electrons. The minimum absolute atomic E-state index is 0.0313. The lowest BCUT2D eigenvalue weighted by atomic mass is 9.95. The Morgan fingerprint density at radius 2 is 1.76 bits per heavy atom. The second-order valence-corrected chi connectivity index (χ2v) is 10.5. The molecule has 2 heterocycles. The number of nitrogens with one attached hydrogen (secondary N) is 1. The third-order valence-electron chi connectivity index (χ3n) is 6.30. The van der Waals surface area contributed by atoms with E-state index < -0.39 is 10.0 Å². The van der Waals surface area contributed by atoms with Gasteiger partial charge < -0.3 is 14.8 Å². The number of morpholine rings is 1. The number of anilines is 1. The highest BCUT2D eigenvalue weighted by Gasteiger charge is 2.30. The maximum Gasteiger partial charge on any atom is 0.246 e. The molecule has 0 bridgehead atoms. The van der Waals surface area contributed by atoms with Gasteiger partial charge in [-0.2, -0.15) is 4.31 Å². The van der Waals surface area contributed by atoms with Gasteiger partial charge in [0, 0.05) is 31.2 Å². The zero-order chi connectivity index (χ0) is 24.1. The molecule has 2 fully saturated rings. The molecule has 0 aromatic heterocycles. The molecule has 2 aliphatic rings. The third kappa shape index (κ3) is 5.75. The Balaban J connectivity index is 1.38. The standard InChI is InChI=1S/C24H30FN3O5S/c1-32-22-7-6-21(16-23(22)34(30,31)28-12-14-33-15-13-28)26-24(29)19-8-10-27(11-9-19)17-18-2-4-20(25)5-3-18/h2-7,16,19H,8-15,17H2,1H3,(H,26,29). The summed E-state index contributed by atoms with van der Waals surface area (Å²) in [4.78, 5) is 15.2. The van der Waals surface area contributed by atoms with Crippen molar-refractivity contribution in [3.63, 3.8) is 0 Å². The molecule has 1 amide bonds. The summed E-state index contributed by atoms with van der Waals surface area (Å²) >= 11 is 0. The van der Waals surface area contributed by atoms with E-state index in [1.165, 1.54) is 29.6 Å². The Morgan fingerprint density at radius 1 is 1.09 bits per heavy atom. The smallest absolute Gasteiger partial charge is 0.246 e. The number of halogens is 1. The highest BCUT2D eigenvalue weighted by molar-refractivity contribution is 7.89. The highest BCUT2D eigenvalue weighted by Crippen LogP contribution is 2.31. The van der Waals surface area contributed by atoms with Crippen LogP contribution in [-0.2, 0) is 26.1 Å². The van der Waals surface area contributed by atoms with Gasteiger partial charge in [-0.25, -0.2) is 12.8 Å². The van der Waals surface area contributed by atoms with Crippen LogP contribution in [0.15, 0.2) is 47.4 Å². The van der Waals surface area contributed by atoms with Crippen LogP contribution in [-0.4, -0.2) is 70.0 Å². The van der Waals surface area contributed by atoms with Crippen LogP contribution in [0.3, 0.4) is 0 Å². The number of sulfonamides is 1. The molecule has 2 aromatic rings. The van der Waals surface area contributed by atoms with Crippen molar-refractivity contribution in [2.75, 3.05) is 51.8 Å². The lowest BCUT2D eigenvalue weighted by Crippen LogP contribution is -2.40. The van der Waals surface area contributed by atoms with Gasteiger partial charge in [0.1, 0.15) is 16.5 Å². The fraction of sp³-hybridized carbons (Fsp3) is 0.458. The summed E-state index contributed by atoms with van der Waals surface area (Å²) in [6, 6.07) is 11.1. The maximum atomic E-state index is 13.2. The number of ether oxygens (including phenoxy) is 2. The van der Waals surface area contributed by atoms with E-state index in [1.807, 2.05) is 0 Å². The molecule has 8 nitrogen and oxygen atoms in total. The predicted molar refractivity (Wildman–Crippen MR) is 126 cm³/mol. The zero-order valence-electron chi connectivity index (χ0n) is 19.2. The number of carbonyl (C=O) groups excluding carboxylic acids is 1. The van der Waals surface area contributed by atoms with Gasteiger partial charge in [0.2, 0.25) is 15.9 Å². The fourth-order valence-electron chi connectivity index (χ4n) is 4.33. The van der Waals surface area contributed by atoms with Gasteiger partial charge >= 0.3 is 0 Å². The number of carbonyl (C=O) groups is 1. The van der Waals surface area contributed by atoms with E-state index in [2.05, 4.69) is 10.2 Å². The molecule has 2 saturated heterocycles. The molecule has 34 heavy (non-hydrogen) atoms. The van der Waals surface area contributed by atoms with E-state index in [-0.39, 0.29) is 41.4 Å². The second kappa shape index (κ2) is 10.8. The third-order valence-corrected chi connectivity index (χ3v) is 8.22. The first kappa shape index (κ1) is 24.6. The van der Waals surface area contributed by atoms with Crippen LogP contribution in [0.1, 0.15) is 18.4 Å². The molecular weight excluding hydrogens is 461 g/mol. The first-order chi connectivity index (χ1) is 16.4. The molecule has 184 valence electrons. The van der Waals surface area contributed by atoms with Crippen LogP contribution in [0.25, 0.3) is 0 Å². The van der Waals surface area contributed by atoms with Gasteiger partial charge in [-0.05, 0) is 61.8 Å². The monoisotopic (exact) mass is 491 g/mol. The maximum absolute atomic E-state index is 13.2. The SMILES string of the molecule is COc1ccc(NC(=O)C2CCN(Cc3ccc(F)cc3)CC2)cc1S(=O)(=O)N1CCOCC1. The molecule has 2 aliphatic heterocycles. The summed E-state index contributed by atoms with van der Waals surface area (Å²) in [6.07, 6.45) is 1.39. The van der Waals surface area contributed by atoms with E-state index in [4.69, 9.17) is 9.47 Å². The highest BCUT2D eigenvalue weighted by atomic mass is 32.2. The molecule has 0 saturated carbocycles. The number of hydrogen-bond acceptors (Lipinski definition) is 6. The van der Waals surface area contributed by atoms with Crippen molar-refractivity contribution in [3.8, 4) is 5.75 Å². The summed E-state index contributed by atoms with van der Waals surface area (Å²) in [5.41, 5.74) is 1.46. The Hall–Kier alpha value is -2.53. The van der Waals surface area contributed by atoms with Gasteiger partial charge in [-0.15, -0.1) is 0 Å². The minimum atomic E-state index is -3.78. The number of likely N-dealkylation sites (tertiary alicyclic amines) is 1. The minimum Gasteiger partial charge on any atom is -0.495 e. The van der Waals surface area contributed by atoms with E-state index in [9.17, 15) is 17.6 Å². The van der Waals surface area contributed by atoms with Crippen LogP contribution in [0, 0.1) is 11.7 Å². The van der Waals surface area contributed by atoms with Crippen molar-refractivity contribution in [3.05, 3.63) is 53.8 Å². The molecule has 0 atom stereocenters. The average molecular weight is 492 g/mol. The number of hydrogen-bond donors (Lipinski definition) is 1. The number of amides is 1. The molecule has 2 aromatic carbocycles. The van der Waals surface area contributed by atoms with Gasteiger partial charge in [0.05, 0.1) is 20.3 Å². The summed E-state index contributed by atoms with van der Waals surface area (Å²) in [6.45, 7) is 3.48. The van der Waals surface area contributed by atoms with E-state index in [1.54, 1.807) is 24.3 Å². The molecular formula is C24H30FN3O5S. The first-order valence-electron chi connectivity index (χ1n) is 11.4. The lowest BCUT2D eigenvalue weighted by molar-refractivity contribution is -0.121. The zero-order valence-corrected chi connectivity index (χ0v) is 20.0. The molecule has 4 rings (SSSR count). The summed E-state index contributed by atoms with van der Waals surface area (Å²) in [5.74, 6) is -0.302. The first-order valence-corrected chi connectivity index (χ1v) is 12.8. The average Bonchev–Trinajstić information content (AvgIpc) is 2.86. The van der Waals surface area contributed by atoms with E-state index in [0.29, 0.717) is 31.7 Å². The number of nitrogens with zero attached hydrogens (tertiary/aromatic N) is 2. The van der Waals surface area contributed by atoms with Gasteiger partial charge in [-0.3, -0.25) is 9.69 Å². The Labute approximate surface area is 199 Å². The predicted octanol–water partition coefficient (Wildman–Crippen LogP) is 2.71. The van der Waals surface area contributed by atoms with Crippen LogP contribution >= 0.6 is 0 Å². The Kier molecular flexibility index (Phi) is 7.82.